The van der Waals surface area contributed by atoms with E-state index in [9.17, 15) is 13.2 Å². The van der Waals surface area contributed by atoms with E-state index in [1.807, 2.05) is 0 Å². The van der Waals surface area contributed by atoms with E-state index in [0.717, 1.165) is 25.6 Å². The van der Waals surface area contributed by atoms with E-state index < -0.39 is 21.0 Å². The fourth-order valence-corrected chi connectivity index (χ4v) is 2.35. The van der Waals surface area contributed by atoms with Gasteiger partial charge in [0, 0.05) is 18.8 Å². The maximum absolute atomic E-state index is 11.5. The molecule has 0 bridgehead atoms. The highest BCUT2D eigenvalue weighted by Crippen LogP contribution is 2.09. The van der Waals surface area contributed by atoms with E-state index in [4.69, 9.17) is 0 Å². The molecule has 1 heterocycles. The molecule has 1 rings (SSSR count). The quantitative estimate of drug-likeness (QED) is 0.735. The number of sulfone groups is 1. The Morgan fingerprint density at radius 1 is 1.47 bits per heavy atom. The van der Waals surface area contributed by atoms with Crippen molar-refractivity contribution in [3.63, 3.8) is 0 Å². The SMILES string of the molecule is CC(C(=O)NCCC1CCCCN1)S(C)(=O)=O. The van der Waals surface area contributed by atoms with Crippen LogP contribution < -0.4 is 10.6 Å². The Morgan fingerprint density at radius 2 is 2.18 bits per heavy atom. The van der Waals surface area contributed by atoms with Crippen molar-refractivity contribution in [1.29, 1.82) is 0 Å². The first-order valence-electron chi connectivity index (χ1n) is 6.11. The number of hydrogen-bond donors (Lipinski definition) is 2. The van der Waals surface area contributed by atoms with Gasteiger partial charge >= 0.3 is 0 Å². The molecule has 1 saturated heterocycles. The average Bonchev–Trinajstić information content (AvgIpc) is 2.28. The number of rotatable bonds is 5. The van der Waals surface area contributed by atoms with Crippen molar-refractivity contribution in [2.45, 2.75) is 43.9 Å². The minimum atomic E-state index is -3.29. The van der Waals surface area contributed by atoms with Crippen molar-refractivity contribution in [2.24, 2.45) is 0 Å². The molecule has 0 spiro atoms. The molecule has 1 fully saturated rings. The van der Waals surface area contributed by atoms with Crippen molar-refractivity contribution in [1.82, 2.24) is 10.6 Å². The smallest absolute Gasteiger partial charge is 0.238 e. The third kappa shape index (κ3) is 5.04. The molecule has 0 aromatic carbocycles. The van der Waals surface area contributed by atoms with Crippen LogP contribution in [0.4, 0.5) is 0 Å². The summed E-state index contributed by atoms with van der Waals surface area (Å²) in [5.74, 6) is -0.400. The molecule has 0 saturated carbocycles. The van der Waals surface area contributed by atoms with Crippen LogP contribution in [0, 0.1) is 0 Å². The molecule has 6 heteroatoms. The summed E-state index contributed by atoms with van der Waals surface area (Å²) in [6, 6.07) is 0.456. The number of amides is 1. The third-order valence-electron chi connectivity index (χ3n) is 3.22. The molecule has 1 aliphatic rings. The largest absolute Gasteiger partial charge is 0.355 e. The first-order valence-corrected chi connectivity index (χ1v) is 8.06. The summed E-state index contributed by atoms with van der Waals surface area (Å²) in [4.78, 5) is 11.5. The van der Waals surface area contributed by atoms with Crippen LogP contribution in [0.25, 0.3) is 0 Å². The van der Waals surface area contributed by atoms with Crippen molar-refractivity contribution in [3.8, 4) is 0 Å². The molecule has 2 N–H and O–H groups in total. The summed E-state index contributed by atoms with van der Waals surface area (Å²) in [6.07, 6.45) is 5.53. The Balaban J connectivity index is 2.24. The minimum absolute atomic E-state index is 0.400. The Hall–Kier alpha value is -0.620. The first-order chi connectivity index (χ1) is 7.91. The molecular weight excluding hydrogens is 240 g/mol. The molecule has 17 heavy (non-hydrogen) atoms. The molecule has 0 radical (unpaired) electrons. The lowest BCUT2D eigenvalue weighted by Gasteiger charge is -2.23. The lowest BCUT2D eigenvalue weighted by molar-refractivity contribution is -0.120. The van der Waals surface area contributed by atoms with Gasteiger partial charge in [0.05, 0.1) is 0 Å². The second kappa shape index (κ2) is 6.35. The molecule has 1 aliphatic heterocycles. The molecule has 2 atom stereocenters. The normalized spacial score (nSPS) is 23.1. The van der Waals surface area contributed by atoms with Crippen molar-refractivity contribution >= 4 is 15.7 Å². The van der Waals surface area contributed by atoms with Gasteiger partial charge < -0.3 is 10.6 Å². The highest BCUT2D eigenvalue weighted by atomic mass is 32.2. The number of hydrogen-bond acceptors (Lipinski definition) is 4. The number of carbonyl (C=O) groups is 1. The molecule has 2 unspecified atom stereocenters. The molecule has 0 aromatic heterocycles. The zero-order valence-corrected chi connectivity index (χ0v) is 11.3. The molecule has 5 nitrogen and oxygen atoms in total. The van der Waals surface area contributed by atoms with Gasteiger partial charge in [-0.2, -0.15) is 0 Å². The fourth-order valence-electron chi connectivity index (χ4n) is 1.88. The standard InChI is InChI=1S/C11H22N2O3S/c1-9(17(2,15)16)11(14)13-8-6-10-5-3-4-7-12-10/h9-10,12H,3-8H2,1-2H3,(H,13,14). The van der Waals surface area contributed by atoms with Gasteiger partial charge in [0.15, 0.2) is 9.84 Å². The molecule has 1 amide bonds. The van der Waals surface area contributed by atoms with E-state index in [-0.39, 0.29) is 0 Å². The monoisotopic (exact) mass is 262 g/mol. The van der Waals surface area contributed by atoms with Gasteiger partial charge in [-0.15, -0.1) is 0 Å². The van der Waals surface area contributed by atoms with Crippen molar-refractivity contribution < 1.29 is 13.2 Å². The molecule has 0 aliphatic carbocycles. The Morgan fingerprint density at radius 3 is 2.71 bits per heavy atom. The number of piperidine rings is 1. The van der Waals surface area contributed by atoms with Crippen LogP contribution in [0.2, 0.25) is 0 Å². The maximum atomic E-state index is 11.5. The Bertz CT molecular complexity index is 348. The summed E-state index contributed by atoms with van der Waals surface area (Å²) < 4.78 is 22.3. The van der Waals surface area contributed by atoms with Crippen molar-refractivity contribution in [3.05, 3.63) is 0 Å². The van der Waals surface area contributed by atoms with E-state index >= 15 is 0 Å². The number of nitrogens with one attached hydrogen (secondary N) is 2. The van der Waals surface area contributed by atoms with Crippen LogP contribution in [0.1, 0.15) is 32.6 Å². The van der Waals surface area contributed by atoms with Gasteiger partial charge in [0.2, 0.25) is 5.91 Å². The minimum Gasteiger partial charge on any atom is -0.355 e. The summed E-state index contributed by atoms with van der Waals surface area (Å²) in [7, 11) is -3.29. The summed E-state index contributed by atoms with van der Waals surface area (Å²) in [5.41, 5.74) is 0. The van der Waals surface area contributed by atoms with Crippen LogP contribution in [-0.4, -0.2) is 45.0 Å². The topological polar surface area (TPSA) is 75.3 Å². The first kappa shape index (κ1) is 14.4. The van der Waals surface area contributed by atoms with Gasteiger partial charge in [-0.25, -0.2) is 8.42 Å². The van der Waals surface area contributed by atoms with Gasteiger partial charge in [-0.1, -0.05) is 6.42 Å². The number of carbonyl (C=O) groups excluding carboxylic acids is 1. The van der Waals surface area contributed by atoms with Gasteiger partial charge in [-0.3, -0.25) is 4.79 Å². The molecule has 0 aromatic rings. The van der Waals surface area contributed by atoms with E-state index in [1.165, 1.54) is 19.8 Å². The lowest BCUT2D eigenvalue weighted by atomic mass is 10.0. The van der Waals surface area contributed by atoms with E-state index in [0.29, 0.717) is 12.6 Å². The van der Waals surface area contributed by atoms with Crippen LogP contribution in [0.5, 0.6) is 0 Å². The van der Waals surface area contributed by atoms with Gasteiger partial charge in [0.25, 0.3) is 0 Å². The van der Waals surface area contributed by atoms with Crippen LogP contribution in [-0.2, 0) is 14.6 Å². The second-order valence-electron chi connectivity index (χ2n) is 4.70. The lowest BCUT2D eigenvalue weighted by Crippen LogP contribution is -2.41. The predicted octanol–water partition coefficient (Wildman–Crippen LogP) is 0.0679. The fraction of sp³-hybridized carbons (Fsp3) is 0.909. The van der Waals surface area contributed by atoms with Gasteiger partial charge in [-0.05, 0) is 32.7 Å². The Kier molecular flexibility index (Phi) is 5.39. The second-order valence-corrected chi connectivity index (χ2v) is 7.06. The average molecular weight is 262 g/mol. The van der Waals surface area contributed by atoms with E-state index in [1.54, 1.807) is 0 Å². The third-order valence-corrected chi connectivity index (χ3v) is 4.71. The highest BCUT2D eigenvalue weighted by Gasteiger charge is 2.23. The Labute approximate surface area is 103 Å². The maximum Gasteiger partial charge on any atom is 0.238 e. The van der Waals surface area contributed by atoms with E-state index in [2.05, 4.69) is 10.6 Å². The summed E-state index contributed by atoms with van der Waals surface area (Å²) in [5, 5.41) is 5.10. The van der Waals surface area contributed by atoms with Crippen LogP contribution in [0.15, 0.2) is 0 Å². The van der Waals surface area contributed by atoms with Crippen molar-refractivity contribution in [2.75, 3.05) is 19.3 Å². The predicted molar refractivity (Wildman–Crippen MR) is 67.6 cm³/mol. The zero-order chi connectivity index (χ0) is 12.9. The highest BCUT2D eigenvalue weighted by molar-refractivity contribution is 7.92. The van der Waals surface area contributed by atoms with Crippen LogP contribution in [0.3, 0.4) is 0 Å². The molecular formula is C11H22N2O3S. The summed E-state index contributed by atoms with van der Waals surface area (Å²) in [6.45, 7) is 3.00. The van der Waals surface area contributed by atoms with Crippen LogP contribution >= 0.6 is 0 Å². The summed E-state index contributed by atoms with van der Waals surface area (Å²) >= 11 is 0. The molecule has 100 valence electrons. The zero-order valence-electron chi connectivity index (χ0n) is 10.5. The van der Waals surface area contributed by atoms with Gasteiger partial charge in [0.1, 0.15) is 5.25 Å².